The Morgan fingerprint density at radius 3 is 2.55 bits per heavy atom. The number of amides is 1. The van der Waals surface area contributed by atoms with Crippen LogP contribution in [-0.2, 0) is 0 Å². The first kappa shape index (κ1) is 13.0. The zero-order valence-electron chi connectivity index (χ0n) is 12.1. The maximum Gasteiger partial charge on any atom is 0.254 e. The molecule has 22 heavy (non-hydrogen) atoms. The van der Waals surface area contributed by atoms with Crippen LogP contribution in [0.4, 0.5) is 0 Å². The molecule has 1 fully saturated rings. The molecule has 0 unspecified atom stereocenters. The van der Waals surface area contributed by atoms with Gasteiger partial charge in [0.2, 0.25) is 0 Å². The van der Waals surface area contributed by atoms with Crippen LogP contribution >= 0.6 is 0 Å². The molecule has 5 heteroatoms. The van der Waals surface area contributed by atoms with Crippen LogP contribution in [0.2, 0.25) is 0 Å². The Hall–Kier alpha value is -2.69. The van der Waals surface area contributed by atoms with E-state index in [0.29, 0.717) is 11.2 Å². The van der Waals surface area contributed by atoms with Crippen LogP contribution in [0.5, 0.6) is 0 Å². The molecule has 1 aromatic carbocycles. The molecule has 0 aliphatic carbocycles. The van der Waals surface area contributed by atoms with E-state index in [1.54, 1.807) is 0 Å². The predicted octanol–water partition coefficient (Wildman–Crippen LogP) is 2.63. The standard InChI is InChI=1S/C17H16N4O/c22-17(20-9-4-5-10-20)14-8-11-21-15(12-14)18-19-16(21)13-6-2-1-3-7-13/h1-3,6-8,11-12H,4-5,9-10H2. The quantitative estimate of drug-likeness (QED) is 0.729. The minimum absolute atomic E-state index is 0.0873. The summed E-state index contributed by atoms with van der Waals surface area (Å²) in [5.41, 5.74) is 2.39. The molecular weight excluding hydrogens is 276 g/mol. The van der Waals surface area contributed by atoms with Crippen LogP contribution in [0.15, 0.2) is 48.7 Å². The van der Waals surface area contributed by atoms with Crippen LogP contribution in [0.1, 0.15) is 23.2 Å². The first-order chi connectivity index (χ1) is 10.8. The summed E-state index contributed by atoms with van der Waals surface area (Å²) in [6, 6.07) is 13.6. The monoisotopic (exact) mass is 292 g/mol. The van der Waals surface area contributed by atoms with E-state index >= 15 is 0 Å². The summed E-state index contributed by atoms with van der Waals surface area (Å²) >= 11 is 0. The van der Waals surface area contributed by atoms with Crippen molar-refractivity contribution < 1.29 is 4.79 Å². The van der Waals surface area contributed by atoms with Crippen molar-refractivity contribution in [2.75, 3.05) is 13.1 Å². The fraction of sp³-hybridized carbons (Fsp3) is 0.235. The van der Waals surface area contributed by atoms with Gasteiger partial charge in [0.05, 0.1) is 0 Å². The molecular formula is C17H16N4O. The molecule has 110 valence electrons. The van der Waals surface area contributed by atoms with E-state index < -0.39 is 0 Å². The van der Waals surface area contributed by atoms with E-state index in [2.05, 4.69) is 10.2 Å². The second kappa shape index (κ2) is 5.26. The number of aromatic nitrogens is 3. The van der Waals surface area contributed by atoms with E-state index in [-0.39, 0.29) is 5.91 Å². The Morgan fingerprint density at radius 2 is 1.77 bits per heavy atom. The number of rotatable bonds is 2. The molecule has 1 amide bonds. The van der Waals surface area contributed by atoms with Gasteiger partial charge in [-0.1, -0.05) is 30.3 Å². The summed E-state index contributed by atoms with van der Waals surface area (Å²) in [5.74, 6) is 0.875. The normalized spacial score (nSPS) is 14.6. The van der Waals surface area contributed by atoms with Crippen molar-refractivity contribution in [3.63, 3.8) is 0 Å². The average Bonchev–Trinajstić information content (AvgIpc) is 3.24. The van der Waals surface area contributed by atoms with Crippen LogP contribution in [0, 0.1) is 0 Å². The Morgan fingerprint density at radius 1 is 1.00 bits per heavy atom. The van der Waals surface area contributed by atoms with Gasteiger partial charge in [-0.2, -0.15) is 0 Å². The number of likely N-dealkylation sites (tertiary alicyclic amines) is 1. The number of carbonyl (C=O) groups is 1. The lowest BCUT2D eigenvalue weighted by Crippen LogP contribution is -2.27. The van der Waals surface area contributed by atoms with Gasteiger partial charge >= 0.3 is 0 Å². The molecule has 1 aliphatic heterocycles. The molecule has 3 heterocycles. The van der Waals surface area contributed by atoms with Crippen molar-refractivity contribution >= 4 is 11.6 Å². The summed E-state index contributed by atoms with van der Waals surface area (Å²) in [5, 5.41) is 8.46. The van der Waals surface area contributed by atoms with Crippen molar-refractivity contribution in [2.24, 2.45) is 0 Å². The highest BCUT2D eigenvalue weighted by Crippen LogP contribution is 2.19. The molecule has 0 spiro atoms. The fourth-order valence-electron chi connectivity index (χ4n) is 2.91. The topological polar surface area (TPSA) is 50.5 Å². The molecule has 0 bridgehead atoms. The van der Waals surface area contributed by atoms with Crippen LogP contribution in [-0.4, -0.2) is 38.5 Å². The molecule has 4 rings (SSSR count). The molecule has 0 saturated carbocycles. The Labute approximate surface area is 128 Å². The first-order valence-corrected chi connectivity index (χ1v) is 7.52. The number of hydrogen-bond donors (Lipinski definition) is 0. The van der Waals surface area contributed by atoms with Crippen molar-refractivity contribution in [3.05, 3.63) is 54.2 Å². The highest BCUT2D eigenvalue weighted by molar-refractivity contribution is 5.95. The van der Waals surface area contributed by atoms with E-state index in [4.69, 9.17) is 0 Å². The van der Waals surface area contributed by atoms with E-state index in [1.165, 1.54) is 0 Å². The minimum Gasteiger partial charge on any atom is -0.339 e. The molecule has 2 aromatic heterocycles. The maximum absolute atomic E-state index is 12.4. The lowest BCUT2D eigenvalue weighted by atomic mass is 10.2. The third-order valence-corrected chi connectivity index (χ3v) is 4.08. The highest BCUT2D eigenvalue weighted by Gasteiger charge is 2.20. The number of benzene rings is 1. The van der Waals surface area contributed by atoms with Gasteiger partial charge in [0.25, 0.3) is 5.91 Å². The fourth-order valence-corrected chi connectivity index (χ4v) is 2.91. The summed E-state index contributed by atoms with van der Waals surface area (Å²) < 4.78 is 1.91. The van der Waals surface area contributed by atoms with Gasteiger partial charge < -0.3 is 4.90 Å². The summed E-state index contributed by atoms with van der Waals surface area (Å²) in [7, 11) is 0. The summed E-state index contributed by atoms with van der Waals surface area (Å²) in [6.07, 6.45) is 4.06. The zero-order valence-corrected chi connectivity index (χ0v) is 12.1. The number of carbonyl (C=O) groups excluding carboxylic acids is 1. The van der Waals surface area contributed by atoms with Gasteiger partial charge in [0.1, 0.15) is 0 Å². The third kappa shape index (κ3) is 2.15. The molecule has 3 aromatic rings. The lowest BCUT2D eigenvalue weighted by Gasteiger charge is -2.15. The third-order valence-electron chi connectivity index (χ3n) is 4.08. The van der Waals surface area contributed by atoms with Crippen molar-refractivity contribution in [2.45, 2.75) is 12.8 Å². The van der Waals surface area contributed by atoms with Crippen molar-refractivity contribution in [1.82, 2.24) is 19.5 Å². The summed E-state index contributed by atoms with van der Waals surface area (Å²) in [6.45, 7) is 1.71. The Balaban J connectivity index is 1.72. The molecule has 5 nitrogen and oxygen atoms in total. The Bertz CT molecular complexity index is 819. The van der Waals surface area contributed by atoms with Gasteiger partial charge in [-0.05, 0) is 25.0 Å². The molecule has 1 aliphatic rings. The second-order valence-corrected chi connectivity index (χ2v) is 5.53. The van der Waals surface area contributed by atoms with E-state index in [1.807, 2.05) is 58.0 Å². The van der Waals surface area contributed by atoms with Gasteiger partial charge in [0.15, 0.2) is 11.5 Å². The van der Waals surface area contributed by atoms with E-state index in [0.717, 1.165) is 37.3 Å². The molecule has 0 radical (unpaired) electrons. The van der Waals surface area contributed by atoms with Crippen LogP contribution in [0.25, 0.3) is 17.0 Å². The lowest BCUT2D eigenvalue weighted by molar-refractivity contribution is 0.0793. The zero-order chi connectivity index (χ0) is 14.9. The van der Waals surface area contributed by atoms with E-state index in [9.17, 15) is 4.79 Å². The number of nitrogens with zero attached hydrogens (tertiary/aromatic N) is 4. The Kier molecular flexibility index (Phi) is 3.11. The average molecular weight is 292 g/mol. The smallest absolute Gasteiger partial charge is 0.254 e. The number of fused-ring (bicyclic) bond motifs is 1. The SMILES string of the molecule is O=C(c1ccn2c(-c3ccccc3)nnc2c1)N1CCCC1. The number of pyridine rings is 1. The summed E-state index contributed by atoms with van der Waals surface area (Å²) in [4.78, 5) is 14.3. The minimum atomic E-state index is 0.0873. The molecule has 0 atom stereocenters. The first-order valence-electron chi connectivity index (χ1n) is 7.52. The highest BCUT2D eigenvalue weighted by atomic mass is 16.2. The molecule has 0 N–H and O–H groups in total. The van der Waals surface area contributed by atoms with Gasteiger partial charge in [-0.3, -0.25) is 9.20 Å². The predicted molar refractivity (Wildman–Crippen MR) is 83.6 cm³/mol. The van der Waals surface area contributed by atoms with Crippen molar-refractivity contribution in [1.29, 1.82) is 0 Å². The van der Waals surface area contributed by atoms with Crippen molar-refractivity contribution in [3.8, 4) is 11.4 Å². The van der Waals surface area contributed by atoms with Crippen LogP contribution in [0.3, 0.4) is 0 Å². The molecule has 1 saturated heterocycles. The van der Waals surface area contributed by atoms with Gasteiger partial charge in [-0.25, -0.2) is 0 Å². The number of hydrogen-bond acceptors (Lipinski definition) is 3. The van der Waals surface area contributed by atoms with Gasteiger partial charge in [-0.15, -0.1) is 10.2 Å². The van der Waals surface area contributed by atoms with Gasteiger partial charge in [0, 0.05) is 30.4 Å². The van der Waals surface area contributed by atoms with Crippen LogP contribution < -0.4 is 0 Å². The maximum atomic E-state index is 12.4. The second-order valence-electron chi connectivity index (χ2n) is 5.53. The largest absolute Gasteiger partial charge is 0.339 e.